The molecule has 0 radical (unpaired) electrons. The van der Waals surface area contributed by atoms with Crippen LogP contribution >= 0.6 is 0 Å². The van der Waals surface area contributed by atoms with Gasteiger partial charge in [0.1, 0.15) is 79.7 Å². The summed E-state index contributed by atoms with van der Waals surface area (Å²) in [6, 6.07) is -1.86. The SMILES string of the molecule is [NH3+]C[C@H]1O[C@H](O[C@H]2[C@H](O[C@@H]3O[C@H](CO)[C@@H](O)[C@@H](O)[C@H]3O)[C@@H](O)[C@H]([NH3+])C[C@@H]2[NH3+])[C@H]([NH3+])[C@@H](O)[C@@H]1O. The maximum atomic E-state index is 10.8. The largest absolute Gasteiger partial charge is 0.394 e. The lowest BCUT2D eigenvalue weighted by atomic mass is 9.84. The number of aliphatic hydroxyl groups excluding tert-OH is 7. The Morgan fingerprint density at radius 3 is 1.85 bits per heavy atom. The van der Waals surface area contributed by atoms with Gasteiger partial charge in [-0.1, -0.05) is 0 Å². The van der Waals surface area contributed by atoms with Crippen molar-refractivity contribution in [2.75, 3.05) is 13.2 Å². The lowest BCUT2D eigenvalue weighted by Crippen LogP contribution is -2.84. The Labute approximate surface area is 189 Å². The predicted molar refractivity (Wildman–Crippen MR) is 103 cm³/mol. The third kappa shape index (κ3) is 5.32. The summed E-state index contributed by atoms with van der Waals surface area (Å²) >= 11 is 0. The Morgan fingerprint density at radius 1 is 0.667 bits per heavy atom. The maximum absolute atomic E-state index is 10.8. The van der Waals surface area contributed by atoms with E-state index in [9.17, 15) is 35.7 Å². The van der Waals surface area contributed by atoms with E-state index in [0.717, 1.165) is 0 Å². The van der Waals surface area contributed by atoms with Crippen LogP contribution in [0.5, 0.6) is 0 Å². The summed E-state index contributed by atoms with van der Waals surface area (Å²) in [6.45, 7) is -0.475. The summed E-state index contributed by atoms with van der Waals surface area (Å²) in [5, 5.41) is 71.1. The molecule has 2 heterocycles. The van der Waals surface area contributed by atoms with Crippen molar-refractivity contribution in [3.05, 3.63) is 0 Å². The van der Waals surface area contributed by atoms with E-state index in [4.69, 9.17) is 18.9 Å². The molecule has 0 aromatic heterocycles. The van der Waals surface area contributed by atoms with Gasteiger partial charge in [0.2, 0.25) is 6.29 Å². The van der Waals surface area contributed by atoms with E-state index in [1.165, 1.54) is 0 Å². The fourth-order valence-electron chi connectivity index (χ4n) is 4.59. The van der Waals surface area contributed by atoms with Gasteiger partial charge < -0.3 is 77.6 Å². The highest BCUT2D eigenvalue weighted by molar-refractivity contribution is 4.97. The van der Waals surface area contributed by atoms with Gasteiger partial charge in [0.05, 0.1) is 13.0 Å². The third-order valence-electron chi connectivity index (χ3n) is 6.76. The summed E-state index contributed by atoms with van der Waals surface area (Å²) in [6.07, 6.45) is -14.9. The van der Waals surface area contributed by atoms with E-state index in [2.05, 4.69) is 22.9 Å². The quantitative estimate of drug-likeness (QED) is 0.167. The van der Waals surface area contributed by atoms with Crippen LogP contribution < -0.4 is 22.9 Å². The van der Waals surface area contributed by atoms with Crippen LogP contribution in [-0.4, -0.2) is 141 Å². The summed E-state index contributed by atoms with van der Waals surface area (Å²) in [4.78, 5) is 0. The minimum atomic E-state index is -1.68. The van der Waals surface area contributed by atoms with E-state index in [-0.39, 0.29) is 6.54 Å². The first-order valence-electron chi connectivity index (χ1n) is 11.1. The number of ether oxygens (including phenoxy) is 4. The Hall–Kier alpha value is -0.600. The first kappa shape index (κ1) is 27.0. The lowest BCUT2D eigenvalue weighted by Gasteiger charge is -2.46. The second-order valence-corrected chi connectivity index (χ2v) is 9.12. The Kier molecular flexibility index (Phi) is 8.99. The van der Waals surface area contributed by atoms with Gasteiger partial charge in [0.15, 0.2) is 12.3 Å². The third-order valence-corrected chi connectivity index (χ3v) is 6.76. The molecule has 3 aliphatic rings. The zero-order valence-corrected chi connectivity index (χ0v) is 18.4. The fourth-order valence-corrected chi connectivity index (χ4v) is 4.59. The van der Waals surface area contributed by atoms with Crippen molar-refractivity contribution in [3.63, 3.8) is 0 Å². The Morgan fingerprint density at radius 2 is 1.24 bits per heavy atom. The van der Waals surface area contributed by atoms with Crippen molar-refractivity contribution < 1.29 is 77.6 Å². The average Bonchev–Trinajstić information content (AvgIpc) is 2.79. The number of aliphatic hydroxyl groups is 7. The van der Waals surface area contributed by atoms with Crippen molar-refractivity contribution in [3.8, 4) is 0 Å². The molecule has 0 aromatic rings. The molecule has 1 saturated carbocycles. The molecular formula is C18H40N4O11+4. The molecule has 3 fully saturated rings. The highest BCUT2D eigenvalue weighted by Crippen LogP contribution is 2.30. The molecule has 0 bridgehead atoms. The molecule has 2 saturated heterocycles. The van der Waals surface area contributed by atoms with E-state index in [1.54, 1.807) is 0 Å². The van der Waals surface area contributed by atoms with Crippen LogP contribution in [0.15, 0.2) is 0 Å². The smallest absolute Gasteiger partial charge is 0.214 e. The monoisotopic (exact) mass is 488 g/mol. The second-order valence-electron chi connectivity index (χ2n) is 9.12. The lowest BCUT2D eigenvalue weighted by molar-refractivity contribution is -0.537. The molecule has 3 rings (SSSR count). The number of hydrogen-bond donors (Lipinski definition) is 11. The summed E-state index contributed by atoms with van der Waals surface area (Å²) in [5.41, 5.74) is 15.5. The molecule has 15 heteroatoms. The molecule has 2 aliphatic heterocycles. The highest BCUT2D eigenvalue weighted by atomic mass is 16.7. The topological polar surface area (TPSA) is 289 Å². The van der Waals surface area contributed by atoms with Crippen LogP contribution in [0.4, 0.5) is 0 Å². The molecule has 0 amide bonds. The molecule has 0 unspecified atom stereocenters. The van der Waals surface area contributed by atoms with Crippen molar-refractivity contribution in [1.29, 1.82) is 0 Å². The van der Waals surface area contributed by atoms with Gasteiger partial charge in [0.25, 0.3) is 0 Å². The summed E-state index contributed by atoms with van der Waals surface area (Å²) < 4.78 is 23.0. The van der Waals surface area contributed by atoms with Crippen LogP contribution in [0.1, 0.15) is 6.42 Å². The molecular weight excluding hydrogens is 448 g/mol. The van der Waals surface area contributed by atoms with Gasteiger partial charge in [-0.3, -0.25) is 0 Å². The van der Waals surface area contributed by atoms with Crippen molar-refractivity contribution in [2.45, 2.75) is 98.2 Å². The van der Waals surface area contributed by atoms with Gasteiger partial charge in [0, 0.05) is 0 Å². The highest BCUT2D eigenvalue weighted by Gasteiger charge is 2.54. The maximum Gasteiger partial charge on any atom is 0.214 e. The van der Waals surface area contributed by atoms with Crippen LogP contribution in [0.25, 0.3) is 0 Å². The minimum absolute atomic E-state index is 0.164. The average molecular weight is 489 g/mol. The molecule has 15 nitrogen and oxygen atoms in total. The van der Waals surface area contributed by atoms with Gasteiger partial charge in [-0.05, 0) is 0 Å². The van der Waals surface area contributed by atoms with Gasteiger partial charge in [-0.2, -0.15) is 0 Å². The number of rotatable bonds is 6. The Balaban J connectivity index is 1.80. The van der Waals surface area contributed by atoms with E-state index >= 15 is 0 Å². The zero-order chi connectivity index (χ0) is 24.6. The number of quaternary nitrogens is 4. The summed E-state index contributed by atoms with van der Waals surface area (Å²) in [5.74, 6) is 0. The molecule has 19 N–H and O–H groups in total. The Bertz CT molecular complexity index is 634. The second kappa shape index (κ2) is 11.0. The predicted octanol–water partition coefficient (Wildman–Crippen LogP) is -10.2. The van der Waals surface area contributed by atoms with Crippen molar-refractivity contribution >= 4 is 0 Å². The standard InChI is InChI=1S/C18H36N4O11/c19-2-6-10(25)12(27)8(22)17(30-6)32-15-5(21)1-4(20)9(24)16(15)33-18-14(29)13(28)11(26)7(3-23)31-18/h4-18,23-29H,1-3,19-22H2/p+4/t4-,5+,6-,7-,8-,9+,10-,11-,12-,13-,14-,15-,16-,17-,18+/m1/s1. The molecule has 194 valence electrons. The number of hydrogen-bond acceptors (Lipinski definition) is 11. The minimum Gasteiger partial charge on any atom is -0.394 e. The van der Waals surface area contributed by atoms with E-state index < -0.39 is 98.4 Å². The first-order chi connectivity index (χ1) is 15.5. The fraction of sp³-hybridized carbons (Fsp3) is 1.00. The van der Waals surface area contributed by atoms with E-state index in [0.29, 0.717) is 6.42 Å². The van der Waals surface area contributed by atoms with Gasteiger partial charge >= 0.3 is 0 Å². The van der Waals surface area contributed by atoms with Gasteiger partial charge in [-0.25, -0.2) is 0 Å². The molecule has 0 spiro atoms. The van der Waals surface area contributed by atoms with Crippen LogP contribution in [0.3, 0.4) is 0 Å². The van der Waals surface area contributed by atoms with Gasteiger partial charge in [-0.15, -0.1) is 0 Å². The van der Waals surface area contributed by atoms with Crippen LogP contribution in [-0.2, 0) is 18.9 Å². The van der Waals surface area contributed by atoms with Crippen molar-refractivity contribution in [1.82, 2.24) is 0 Å². The molecule has 33 heavy (non-hydrogen) atoms. The summed E-state index contributed by atoms with van der Waals surface area (Å²) in [7, 11) is 0. The first-order valence-corrected chi connectivity index (χ1v) is 11.1. The molecule has 15 atom stereocenters. The molecule has 0 aromatic carbocycles. The van der Waals surface area contributed by atoms with E-state index in [1.807, 2.05) is 0 Å². The molecule has 1 aliphatic carbocycles. The zero-order valence-electron chi connectivity index (χ0n) is 18.4. The van der Waals surface area contributed by atoms with Crippen LogP contribution in [0.2, 0.25) is 0 Å². The van der Waals surface area contributed by atoms with Crippen LogP contribution in [0, 0.1) is 0 Å². The van der Waals surface area contributed by atoms with Crippen molar-refractivity contribution in [2.24, 2.45) is 0 Å². The normalized spacial score (nSPS) is 53.7.